The minimum atomic E-state index is 0.212. The maximum absolute atomic E-state index is 5.95. The minimum Gasteiger partial charge on any atom is -0.489 e. The van der Waals surface area contributed by atoms with Gasteiger partial charge in [0.05, 0.1) is 11.8 Å². The van der Waals surface area contributed by atoms with E-state index in [1.54, 1.807) is 0 Å². The van der Waals surface area contributed by atoms with Crippen molar-refractivity contribution in [2.24, 2.45) is 0 Å². The predicted molar refractivity (Wildman–Crippen MR) is 79.4 cm³/mol. The van der Waals surface area contributed by atoms with Crippen molar-refractivity contribution in [3.05, 3.63) is 36.3 Å². The standard InChI is InChI=1S/C15H28N2O/c1-7-10-15(18-13(4)8-2)14(9-3)17(6)12-11-16-5/h7,9-10,13,16H,3,8,11-12H2,1-2,4-6H3/b10-7-,15-14-. The lowest BCUT2D eigenvalue weighted by Crippen LogP contribution is -2.27. The summed E-state index contributed by atoms with van der Waals surface area (Å²) in [5.41, 5.74) is 1.03. The van der Waals surface area contributed by atoms with Gasteiger partial charge in [0.1, 0.15) is 5.76 Å². The Balaban J connectivity index is 5.02. The fourth-order valence-electron chi connectivity index (χ4n) is 1.48. The maximum atomic E-state index is 5.95. The molecule has 0 fully saturated rings. The normalized spacial score (nSPS) is 14.3. The molecule has 0 heterocycles. The van der Waals surface area contributed by atoms with E-state index < -0.39 is 0 Å². The lowest BCUT2D eigenvalue weighted by molar-refractivity contribution is 0.131. The smallest absolute Gasteiger partial charge is 0.142 e. The highest BCUT2D eigenvalue weighted by molar-refractivity contribution is 5.27. The molecule has 0 radical (unpaired) electrons. The third-order valence-corrected chi connectivity index (χ3v) is 2.78. The summed E-state index contributed by atoms with van der Waals surface area (Å²) in [6.07, 6.45) is 7.05. The molecule has 0 bridgehead atoms. The molecule has 18 heavy (non-hydrogen) atoms. The maximum Gasteiger partial charge on any atom is 0.142 e. The van der Waals surface area contributed by atoms with Crippen molar-refractivity contribution >= 4 is 0 Å². The third-order valence-electron chi connectivity index (χ3n) is 2.78. The summed E-state index contributed by atoms with van der Waals surface area (Å²) in [4.78, 5) is 2.15. The van der Waals surface area contributed by atoms with Crippen molar-refractivity contribution in [1.29, 1.82) is 0 Å². The first-order valence-corrected chi connectivity index (χ1v) is 6.62. The van der Waals surface area contributed by atoms with E-state index in [4.69, 9.17) is 4.74 Å². The van der Waals surface area contributed by atoms with E-state index in [0.29, 0.717) is 0 Å². The summed E-state index contributed by atoms with van der Waals surface area (Å²) in [6, 6.07) is 0. The number of nitrogens with zero attached hydrogens (tertiary/aromatic N) is 1. The predicted octanol–water partition coefficient (Wildman–Crippen LogP) is 2.93. The van der Waals surface area contributed by atoms with Gasteiger partial charge in [0.25, 0.3) is 0 Å². The molecule has 104 valence electrons. The zero-order valence-corrected chi connectivity index (χ0v) is 12.5. The van der Waals surface area contributed by atoms with Crippen LogP contribution < -0.4 is 5.32 Å². The van der Waals surface area contributed by atoms with Crippen molar-refractivity contribution in [3.63, 3.8) is 0 Å². The second-order valence-corrected chi connectivity index (χ2v) is 4.32. The molecule has 0 aromatic rings. The van der Waals surface area contributed by atoms with Crippen LogP contribution in [0.1, 0.15) is 27.2 Å². The van der Waals surface area contributed by atoms with Crippen LogP contribution >= 0.6 is 0 Å². The van der Waals surface area contributed by atoms with Gasteiger partial charge in [0.2, 0.25) is 0 Å². The van der Waals surface area contributed by atoms with Crippen LogP contribution in [0.15, 0.2) is 36.3 Å². The average Bonchev–Trinajstić information content (AvgIpc) is 2.37. The van der Waals surface area contributed by atoms with Crippen LogP contribution in [0.4, 0.5) is 0 Å². The first-order chi connectivity index (χ1) is 8.60. The molecule has 1 atom stereocenters. The zero-order chi connectivity index (χ0) is 14.0. The molecule has 0 aliphatic heterocycles. The summed E-state index contributed by atoms with van der Waals surface area (Å²) < 4.78 is 5.95. The first-order valence-electron chi connectivity index (χ1n) is 6.62. The monoisotopic (exact) mass is 252 g/mol. The van der Waals surface area contributed by atoms with Gasteiger partial charge < -0.3 is 15.0 Å². The molecule has 0 saturated carbocycles. The summed E-state index contributed by atoms with van der Waals surface area (Å²) in [5.74, 6) is 0.889. The highest BCUT2D eigenvalue weighted by atomic mass is 16.5. The molecule has 0 aliphatic carbocycles. The highest BCUT2D eigenvalue weighted by Crippen LogP contribution is 2.16. The van der Waals surface area contributed by atoms with Crippen LogP contribution in [0.25, 0.3) is 0 Å². The van der Waals surface area contributed by atoms with E-state index in [2.05, 4.69) is 37.7 Å². The molecule has 0 amide bonds. The molecule has 3 nitrogen and oxygen atoms in total. The van der Waals surface area contributed by atoms with Gasteiger partial charge in [0, 0.05) is 20.1 Å². The Labute approximate surface area is 112 Å². The number of likely N-dealkylation sites (N-methyl/N-ethyl adjacent to an activating group) is 2. The second-order valence-electron chi connectivity index (χ2n) is 4.32. The van der Waals surface area contributed by atoms with Gasteiger partial charge in [-0.05, 0) is 39.5 Å². The topological polar surface area (TPSA) is 24.5 Å². The van der Waals surface area contributed by atoms with Gasteiger partial charge in [-0.2, -0.15) is 0 Å². The van der Waals surface area contributed by atoms with Crippen molar-refractivity contribution < 1.29 is 4.74 Å². The zero-order valence-electron chi connectivity index (χ0n) is 12.5. The summed E-state index contributed by atoms with van der Waals surface area (Å²) in [7, 11) is 4.01. The number of nitrogens with one attached hydrogen (secondary N) is 1. The second kappa shape index (κ2) is 9.77. The van der Waals surface area contributed by atoms with Crippen LogP contribution in [-0.2, 0) is 4.74 Å². The molecule has 0 aromatic carbocycles. The Hall–Kier alpha value is -1.22. The Kier molecular flexibility index (Phi) is 9.11. The van der Waals surface area contributed by atoms with Gasteiger partial charge >= 0.3 is 0 Å². The summed E-state index contributed by atoms with van der Waals surface area (Å²) in [5, 5.41) is 3.14. The number of ether oxygens (including phenoxy) is 1. The fourth-order valence-corrected chi connectivity index (χ4v) is 1.48. The Morgan fingerprint density at radius 1 is 1.50 bits per heavy atom. The molecular formula is C15H28N2O. The quantitative estimate of drug-likeness (QED) is 0.504. The third kappa shape index (κ3) is 5.92. The van der Waals surface area contributed by atoms with E-state index in [0.717, 1.165) is 31.0 Å². The van der Waals surface area contributed by atoms with E-state index in [1.807, 2.05) is 32.2 Å². The van der Waals surface area contributed by atoms with Crippen molar-refractivity contribution in [3.8, 4) is 0 Å². The van der Waals surface area contributed by atoms with Crippen LogP contribution in [0.2, 0.25) is 0 Å². The number of allylic oxidation sites excluding steroid dienone is 3. The van der Waals surface area contributed by atoms with Gasteiger partial charge in [-0.3, -0.25) is 0 Å². The summed E-state index contributed by atoms with van der Waals surface area (Å²) in [6.45, 7) is 11.9. The van der Waals surface area contributed by atoms with Gasteiger partial charge in [-0.1, -0.05) is 19.6 Å². The largest absolute Gasteiger partial charge is 0.489 e. The van der Waals surface area contributed by atoms with Gasteiger partial charge in [0.15, 0.2) is 0 Å². The molecule has 0 aromatic heterocycles. The lowest BCUT2D eigenvalue weighted by atomic mass is 10.2. The highest BCUT2D eigenvalue weighted by Gasteiger charge is 2.10. The van der Waals surface area contributed by atoms with Gasteiger partial charge in [-0.25, -0.2) is 0 Å². The van der Waals surface area contributed by atoms with E-state index >= 15 is 0 Å². The molecule has 1 unspecified atom stereocenters. The Morgan fingerprint density at radius 2 is 2.17 bits per heavy atom. The molecule has 0 rings (SSSR count). The minimum absolute atomic E-state index is 0.212. The fraction of sp³-hybridized carbons (Fsp3) is 0.600. The molecule has 0 spiro atoms. The molecule has 3 heteroatoms. The van der Waals surface area contributed by atoms with Crippen LogP contribution in [0.5, 0.6) is 0 Å². The SMILES string of the molecule is C=C/C(=C(\C=C/C)OC(C)CC)N(C)CCNC. The Bertz CT molecular complexity index is 295. The van der Waals surface area contributed by atoms with Crippen LogP contribution in [0, 0.1) is 0 Å². The van der Waals surface area contributed by atoms with Crippen LogP contribution in [-0.4, -0.2) is 38.2 Å². The van der Waals surface area contributed by atoms with Crippen molar-refractivity contribution in [1.82, 2.24) is 10.2 Å². The lowest BCUT2D eigenvalue weighted by Gasteiger charge is -2.24. The molecule has 1 N–H and O–H groups in total. The number of hydrogen-bond donors (Lipinski definition) is 1. The number of rotatable bonds is 9. The van der Waals surface area contributed by atoms with Crippen molar-refractivity contribution in [2.75, 3.05) is 27.2 Å². The molecular weight excluding hydrogens is 224 g/mol. The Morgan fingerprint density at radius 3 is 2.61 bits per heavy atom. The number of hydrogen-bond acceptors (Lipinski definition) is 3. The molecule has 0 aliphatic rings. The van der Waals surface area contributed by atoms with E-state index in [-0.39, 0.29) is 6.10 Å². The molecule has 0 saturated heterocycles. The first kappa shape index (κ1) is 16.8. The average molecular weight is 252 g/mol. The van der Waals surface area contributed by atoms with Crippen molar-refractivity contribution in [2.45, 2.75) is 33.3 Å². The van der Waals surface area contributed by atoms with E-state index in [9.17, 15) is 0 Å². The van der Waals surface area contributed by atoms with Crippen LogP contribution in [0.3, 0.4) is 0 Å². The van der Waals surface area contributed by atoms with E-state index in [1.165, 1.54) is 0 Å². The summed E-state index contributed by atoms with van der Waals surface area (Å²) >= 11 is 0. The van der Waals surface area contributed by atoms with Gasteiger partial charge in [-0.15, -0.1) is 0 Å².